The van der Waals surface area contributed by atoms with Crippen molar-refractivity contribution in [2.45, 2.75) is 26.8 Å². The van der Waals surface area contributed by atoms with Crippen molar-refractivity contribution in [2.24, 2.45) is 0 Å². The number of nitrogens with one attached hydrogen (secondary N) is 2. The van der Waals surface area contributed by atoms with E-state index >= 15 is 0 Å². The van der Waals surface area contributed by atoms with Gasteiger partial charge < -0.3 is 10.6 Å². The molecule has 0 saturated heterocycles. The lowest BCUT2D eigenvalue weighted by atomic mass is 10.1. The number of anilines is 2. The Morgan fingerprint density at radius 1 is 1.03 bits per heavy atom. The molecular weight excluding hydrogens is 479 g/mol. The number of hydrogen-bond acceptors (Lipinski definition) is 6. The predicted octanol–water partition coefficient (Wildman–Crippen LogP) is 4.23. The van der Waals surface area contributed by atoms with Crippen LogP contribution in [0.4, 0.5) is 11.4 Å². The molecule has 0 aliphatic carbocycles. The lowest BCUT2D eigenvalue weighted by Gasteiger charge is -2.16. The molecule has 0 saturated carbocycles. The summed E-state index contributed by atoms with van der Waals surface area (Å²) in [6.45, 7) is 5.51. The normalized spacial score (nSPS) is 11.8. The minimum Gasteiger partial charge on any atom is -0.323 e. The van der Waals surface area contributed by atoms with E-state index in [0.717, 1.165) is 11.4 Å². The van der Waals surface area contributed by atoms with Crippen molar-refractivity contribution in [3.63, 3.8) is 0 Å². The van der Waals surface area contributed by atoms with Crippen molar-refractivity contribution in [1.29, 1.82) is 0 Å². The smallest absolute Gasteiger partial charge is 0.257 e. The molecular formula is C22H20Cl2N8O2. The summed E-state index contributed by atoms with van der Waals surface area (Å²) < 4.78 is 3.02. The van der Waals surface area contributed by atoms with E-state index in [1.165, 1.54) is 17.1 Å². The molecule has 1 atom stereocenters. The first-order valence-corrected chi connectivity index (χ1v) is 11.0. The van der Waals surface area contributed by atoms with Crippen LogP contribution in [0, 0.1) is 13.8 Å². The molecule has 2 heterocycles. The van der Waals surface area contributed by atoms with E-state index in [1.807, 2.05) is 19.9 Å². The maximum atomic E-state index is 13.0. The number of carbonyl (C=O) groups excluding carboxylic acids is 2. The lowest BCUT2D eigenvalue weighted by Crippen LogP contribution is -2.25. The van der Waals surface area contributed by atoms with Crippen molar-refractivity contribution in [1.82, 2.24) is 30.0 Å². The van der Waals surface area contributed by atoms with Gasteiger partial charge in [0.25, 0.3) is 5.91 Å². The fourth-order valence-electron chi connectivity index (χ4n) is 3.44. The minimum atomic E-state index is -0.531. The quantitative estimate of drug-likeness (QED) is 0.410. The molecule has 12 heteroatoms. The molecule has 34 heavy (non-hydrogen) atoms. The molecule has 4 aromatic rings. The standard InChI is InChI=1S/C22H20Cl2N8O2/c1-12-8-13(2)32(28-12)14(3)21(33)27-19-6-5-16(10-18(19)24)26-22(34)17-9-15(23)4-7-20(17)31-11-25-29-30-31/h4-11,14H,1-3H3,(H,26,34)(H,27,33). The summed E-state index contributed by atoms with van der Waals surface area (Å²) in [5, 5.41) is 21.6. The maximum Gasteiger partial charge on any atom is 0.257 e. The Hall–Kier alpha value is -3.76. The first-order chi connectivity index (χ1) is 16.2. The van der Waals surface area contributed by atoms with Gasteiger partial charge in [-0.2, -0.15) is 9.78 Å². The van der Waals surface area contributed by atoms with Crippen LogP contribution in [0.15, 0.2) is 48.8 Å². The van der Waals surface area contributed by atoms with E-state index in [9.17, 15) is 9.59 Å². The van der Waals surface area contributed by atoms with Crippen molar-refractivity contribution >= 4 is 46.4 Å². The van der Waals surface area contributed by atoms with Gasteiger partial charge in [-0.25, -0.2) is 0 Å². The van der Waals surface area contributed by atoms with Gasteiger partial charge in [-0.3, -0.25) is 14.3 Å². The summed E-state index contributed by atoms with van der Waals surface area (Å²) >= 11 is 12.5. The first kappa shape index (κ1) is 23.4. The molecule has 10 nitrogen and oxygen atoms in total. The zero-order chi connectivity index (χ0) is 24.4. The van der Waals surface area contributed by atoms with Gasteiger partial charge in [0, 0.05) is 16.4 Å². The van der Waals surface area contributed by atoms with Crippen LogP contribution in [0.2, 0.25) is 10.0 Å². The van der Waals surface area contributed by atoms with Gasteiger partial charge in [0.2, 0.25) is 5.91 Å². The van der Waals surface area contributed by atoms with Gasteiger partial charge >= 0.3 is 0 Å². The van der Waals surface area contributed by atoms with Crippen LogP contribution < -0.4 is 10.6 Å². The molecule has 2 N–H and O–H groups in total. The minimum absolute atomic E-state index is 0.263. The monoisotopic (exact) mass is 498 g/mol. The van der Waals surface area contributed by atoms with Crippen LogP contribution in [-0.2, 0) is 4.79 Å². The second kappa shape index (κ2) is 9.62. The second-order valence-corrected chi connectivity index (χ2v) is 8.45. The molecule has 2 aromatic carbocycles. The van der Waals surface area contributed by atoms with Gasteiger partial charge in [0.05, 0.1) is 27.7 Å². The first-order valence-electron chi connectivity index (χ1n) is 10.2. The van der Waals surface area contributed by atoms with Gasteiger partial charge in [-0.05, 0) is 73.7 Å². The largest absolute Gasteiger partial charge is 0.323 e. The van der Waals surface area contributed by atoms with Crippen molar-refractivity contribution < 1.29 is 9.59 Å². The topological polar surface area (TPSA) is 120 Å². The Morgan fingerprint density at radius 3 is 2.47 bits per heavy atom. The Morgan fingerprint density at radius 2 is 1.82 bits per heavy atom. The van der Waals surface area contributed by atoms with Crippen LogP contribution in [0.25, 0.3) is 5.69 Å². The SMILES string of the molecule is Cc1cc(C)n(C(C)C(=O)Nc2ccc(NC(=O)c3cc(Cl)ccc3-n3cnnn3)cc2Cl)n1. The summed E-state index contributed by atoms with van der Waals surface area (Å²) in [7, 11) is 0. The third kappa shape index (κ3) is 4.92. The number of aromatic nitrogens is 6. The van der Waals surface area contributed by atoms with Gasteiger partial charge in [0.15, 0.2) is 0 Å². The summed E-state index contributed by atoms with van der Waals surface area (Å²) in [5.41, 5.74) is 3.29. The number of halogens is 2. The van der Waals surface area contributed by atoms with Crippen LogP contribution in [0.3, 0.4) is 0 Å². The van der Waals surface area contributed by atoms with Gasteiger partial charge in [-0.1, -0.05) is 23.2 Å². The van der Waals surface area contributed by atoms with Crippen LogP contribution in [0.1, 0.15) is 34.7 Å². The van der Waals surface area contributed by atoms with Crippen LogP contribution in [0.5, 0.6) is 0 Å². The molecule has 2 amide bonds. The predicted molar refractivity (Wildman–Crippen MR) is 129 cm³/mol. The molecule has 4 rings (SSSR count). The zero-order valence-corrected chi connectivity index (χ0v) is 20.0. The summed E-state index contributed by atoms with van der Waals surface area (Å²) in [6, 6.07) is 11.0. The molecule has 0 fully saturated rings. The molecule has 1 unspecified atom stereocenters. The molecule has 0 radical (unpaired) electrons. The highest BCUT2D eigenvalue weighted by atomic mass is 35.5. The number of nitrogens with zero attached hydrogens (tertiary/aromatic N) is 6. The van der Waals surface area contributed by atoms with Crippen molar-refractivity contribution in [2.75, 3.05) is 10.6 Å². The van der Waals surface area contributed by atoms with Crippen molar-refractivity contribution in [3.05, 3.63) is 75.8 Å². The van der Waals surface area contributed by atoms with Gasteiger partial charge in [0.1, 0.15) is 12.4 Å². The molecule has 0 spiro atoms. The number of rotatable bonds is 6. The number of benzene rings is 2. The number of amides is 2. The van der Waals surface area contributed by atoms with E-state index in [-0.39, 0.29) is 16.5 Å². The fraction of sp³-hybridized carbons (Fsp3) is 0.182. The second-order valence-electron chi connectivity index (χ2n) is 7.60. The Kier molecular flexibility index (Phi) is 6.62. The van der Waals surface area contributed by atoms with Crippen LogP contribution >= 0.6 is 23.2 Å². The highest BCUT2D eigenvalue weighted by molar-refractivity contribution is 6.34. The van der Waals surface area contributed by atoms with Crippen molar-refractivity contribution in [3.8, 4) is 5.69 Å². The lowest BCUT2D eigenvalue weighted by molar-refractivity contribution is -0.119. The fourth-order valence-corrected chi connectivity index (χ4v) is 3.84. The van der Waals surface area contributed by atoms with Crippen LogP contribution in [-0.4, -0.2) is 41.8 Å². The third-order valence-corrected chi connectivity index (χ3v) is 5.62. The van der Waals surface area contributed by atoms with E-state index in [4.69, 9.17) is 23.2 Å². The number of tetrazole rings is 1. The van der Waals surface area contributed by atoms with Gasteiger partial charge in [-0.15, -0.1) is 5.10 Å². The average Bonchev–Trinajstić information content (AvgIpc) is 3.44. The summed E-state index contributed by atoms with van der Waals surface area (Å²) in [4.78, 5) is 25.7. The molecule has 0 aliphatic rings. The van der Waals surface area contributed by atoms with E-state index < -0.39 is 11.9 Å². The molecule has 2 aromatic heterocycles. The molecule has 0 bridgehead atoms. The van der Waals surface area contributed by atoms with E-state index in [2.05, 4.69) is 31.3 Å². The Bertz CT molecular complexity index is 1370. The summed E-state index contributed by atoms with van der Waals surface area (Å²) in [6.07, 6.45) is 1.38. The highest BCUT2D eigenvalue weighted by Crippen LogP contribution is 2.28. The van der Waals surface area contributed by atoms with E-state index in [1.54, 1.807) is 41.9 Å². The molecule has 174 valence electrons. The van der Waals surface area contributed by atoms with E-state index in [0.29, 0.717) is 22.1 Å². The number of hydrogen-bond donors (Lipinski definition) is 2. The Balaban J connectivity index is 1.50. The Labute approximate surface area is 204 Å². The number of aryl methyl sites for hydroxylation is 2. The maximum absolute atomic E-state index is 13.0. The third-order valence-electron chi connectivity index (χ3n) is 5.07. The number of carbonyl (C=O) groups is 2. The zero-order valence-electron chi connectivity index (χ0n) is 18.5. The average molecular weight is 499 g/mol. The highest BCUT2D eigenvalue weighted by Gasteiger charge is 2.20. The molecule has 0 aliphatic heterocycles. The summed E-state index contributed by atoms with van der Waals surface area (Å²) in [5.74, 6) is -0.700.